The summed E-state index contributed by atoms with van der Waals surface area (Å²) in [5, 5.41) is 9.68. The molecule has 0 saturated carbocycles. The van der Waals surface area contributed by atoms with Gasteiger partial charge in [0.2, 0.25) is 0 Å². The summed E-state index contributed by atoms with van der Waals surface area (Å²) in [6.45, 7) is 0. The molecule has 0 unspecified atom stereocenters. The summed E-state index contributed by atoms with van der Waals surface area (Å²) in [6.07, 6.45) is 0. The van der Waals surface area contributed by atoms with Crippen LogP contribution in [-0.4, -0.2) is 4.92 Å². The Hall–Kier alpha value is -0.610. The van der Waals surface area contributed by atoms with Crippen molar-refractivity contribution in [3.8, 4) is 0 Å². The smallest absolute Gasteiger partial charge is 0.258 e. The van der Waals surface area contributed by atoms with Gasteiger partial charge in [0.15, 0.2) is 0 Å². The molecule has 0 aromatic heterocycles. The topological polar surface area (TPSA) is 43.1 Å². The molecule has 0 N–H and O–H groups in total. The number of hydrogen-bond donors (Lipinski definition) is 0. The van der Waals surface area contributed by atoms with E-state index >= 15 is 0 Å². The highest BCUT2D eigenvalue weighted by atomic mass is 79.9. The van der Waals surface area contributed by atoms with Gasteiger partial charge in [-0.25, -0.2) is 0 Å². The van der Waals surface area contributed by atoms with E-state index in [1.165, 1.54) is 0 Å². The van der Waals surface area contributed by atoms with E-state index in [4.69, 9.17) is 11.6 Å². The predicted octanol–water partition coefficient (Wildman–Crippen LogP) is 5.67. The second-order valence-corrected chi connectivity index (χ2v) is 6.61. The van der Waals surface area contributed by atoms with Crippen LogP contribution in [-0.2, 0) is 0 Å². The van der Waals surface area contributed by atoms with Crippen LogP contribution in [0.1, 0.15) is 0 Å². The molecule has 1 aromatic carbocycles. The molecule has 0 bridgehead atoms. The van der Waals surface area contributed by atoms with Gasteiger partial charge in [0.1, 0.15) is 9.92 Å². The van der Waals surface area contributed by atoms with Gasteiger partial charge in [-0.3, -0.25) is 10.1 Å². The monoisotopic (exact) mass is 361 g/mol. The highest BCUT2D eigenvalue weighted by Crippen LogP contribution is 3.02. The maximum absolute atomic E-state index is 12.4. The van der Waals surface area contributed by atoms with Crippen molar-refractivity contribution in [1.29, 1.82) is 0 Å². The van der Waals surface area contributed by atoms with Crippen molar-refractivity contribution >= 4 is 43.4 Å². The van der Waals surface area contributed by atoms with E-state index in [1.54, 1.807) is 0 Å². The van der Waals surface area contributed by atoms with Crippen molar-refractivity contribution in [2.75, 3.05) is 0 Å². The fraction of sp³-hybridized carbons (Fsp3) is 0. The predicted molar refractivity (Wildman–Crippen MR) is 57.2 cm³/mol. The molecule has 0 heterocycles. The second-order valence-electron chi connectivity index (χ2n) is 2.96. The van der Waals surface area contributed by atoms with E-state index in [-0.39, 0.29) is 12.1 Å². The molecule has 17 heavy (non-hydrogen) atoms. The fourth-order valence-corrected chi connectivity index (χ4v) is 2.36. The highest BCUT2D eigenvalue weighted by molar-refractivity contribution is 9.10. The quantitative estimate of drug-likeness (QED) is 0.386. The molecule has 11 heteroatoms. The Balaban J connectivity index is 3.68. The van der Waals surface area contributed by atoms with E-state index < -0.39 is 35.2 Å². The first-order chi connectivity index (χ1) is 7.22. The van der Waals surface area contributed by atoms with E-state index in [1.807, 2.05) is 0 Å². The van der Waals surface area contributed by atoms with Gasteiger partial charge in [-0.15, -0.1) is 0 Å². The van der Waals surface area contributed by atoms with E-state index in [9.17, 15) is 29.5 Å². The first-order valence-corrected chi connectivity index (χ1v) is 6.72. The standard InChI is InChI=1S/C6H2BrClF5NO2S/c7-4-1-3(17(9,10,11,12)13)2-5(6(4)8)14(15)16/h1-2H. The largest absolute Gasteiger partial charge is 0.310 e. The van der Waals surface area contributed by atoms with Gasteiger partial charge < -0.3 is 0 Å². The van der Waals surface area contributed by atoms with Gasteiger partial charge in [0.05, 0.1) is 4.92 Å². The zero-order valence-electron chi connectivity index (χ0n) is 7.47. The van der Waals surface area contributed by atoms with Crippen molar-refractivity contribution in [3.63, 3.8) is 0 Å². The number of hydrogen-bond acceptors (Lipinski definition) is 2. The van der Waals surface area contributed by atoms with Gasteiger partial charge in [-0.05, 0) is 22.0 Å². The SMILES string of the molecule is O=[N+]([O-])c1cc(S(F)(F)(F)(F)F)cc(Br)c1Cl. The summed E-state index contributed by atoms with van der Waals surface area (Å²) in [7, 11) is -9.96. The lowest BCUT2D eigenvalue weighted by Crippen LogP contribution is -2.07. The average molecular weight is 363 g/mol. The van der Waals surface area contributed by atoms with E-state index in [0.29, 0.717) is 0 Å². The number of nitro benzene ring substituents is 1. The summed E-state index contributed by atoms with van der Waals surface area (Å²) in [6, 6.07) is -0.272. The van der Waals surface area contributed by atoms with Crippen LogP contribution in [0.15, 0.2) is 21.5 Å². The Bertz CT molecular complexity index is 519. The molecule has 0 fully saturated rings. The minimum absolute atomic E-state index is 0.0108. The van der Waals surface area contributed by atoms with Gasteiger partial charge in [0, 0.05) is 10.5 Å². The molecule has 0 amide bonds. The van der Waals surface area contributed by atoms with Crippen molar-refractivity contribution in [2.45, 2.75) is 4.90 Å². The summed E-state index contributed by atoms with van der Waals surface area (Å²) in [4.78, 5) is 6.72. The summed E-state index contributed by atoms with van der Waals surface area (Å²) in [5.74, 6) is 0. The Kier molecular flexibility index (Phi) is 2.75. The molecular formula is C6H2BrClF5NO2S. The molecule has 0 atom stereocenters. The lowest BCUT2D eigenvalue weighted by molar-refractivity contribution is -0.385. The molecule has 0 aliphatic heterocycles. The third kappa shape index (κ3) is 3.19. The van der Waals surface area contributed by atoms with E-state index in [0.717, 1.165) is 0 Å². The Morgan fingerprint density at radius 1 is 1.24 bits per heavy atom. The summed E-state index contributed by atoms with van der Waals surface area (Å²) < 4.78 is 61.5. The van der Waals surface area contributed by atoms with Crippen molar-refractivity contribution in [2.24, 2.45) is 0 Å². The first kappa shape index (κ1) is 14.5. The molecule has 0 aliphatic carbocycles. The number of nitrogens with zero attached hydrogens (tertiary/aromatic N) is 1. The third-order valence-corrected chi connectivity index (χ3v) is 4.00. The number of halogens is 7. The zero-order valence-corrected chi connectivity index (χ0v) is 10.6. The molecule has 98 valence electrons. The van der Waals surface area contributed by atoms with Crippen molar-refractivity contribution < 1.29 is 24.4 Å². The summed E-state index contributed by atoms with van der Waals surface area (Å²) >= 11 is 7.77. The maximum Gasteiger partial charge on any atom is 0.310 e. The van der Waals surface area contributed by atoms with Crippen LogP contribution in [0.5, 0.6) is 0 Å². The number of benzene rings is 1. The van der Waals surface area contributed by atoms with Gasteiger partial charge in [-0.1, -0.05) is 31.0 Å². The first-order valence-electron chi connectivity index (χ1n) is 3.60. The second kappa shape index (κ2) is 3.23. The minimum atomic E-state index is -9.96. The molecule has 1 aromatic rings. The van der Waals surface area contributed by atoms with Crippen molar-refractivity contribution in [1.82, 2.24) is 0 Å². The van der Waals surface area contributed by atoms with Gasteiger partial charge in [-0.2, -0.15) is 0 Å². The van der Waals surface area contributed by atoms with E-state index in [2.05, 4.69) is 15.9 Å². The molecule has 1 rings (SSSR count). The lowest BCUT2D eigenvalue weighted by Gasteiger charge is -2.40. The fourth-order valence-electron chi connectivity index (χ4n) is 0.906. The van der Waals surface area contributed by atoms with Crippen LogP contribution >= 0.6 is 37.8 Å². The molecule has 0 spiro atoms. The maximum atomic E-state index is 12.4. The van der Waals surface area contributed by atoms with Gasteiger partial charge >= 0.3 is 10.2 Å². The highest BCUT2D eigenvalue weighted by Gasteiger charge is 2.66. The Morgan fingerprint density at radius 2 is 1.71 bits per heavy atom. The summed E-state index contributed by atoms with van der Waals surface area (Å²) in [5.41, 5.74) is -1.25. The van der Waals surface area contributed by atoms with Crippen molar-refractivity contribution in [3.05, 3.63) is 31.7 Å². The van der Waals surface area contributed by atoms with Crippen LogP contribution in [0.2, 0.25) is 5.02 Å². The number of rotatable bonds is 2. The van der Waals surface area contributed by atoms with Crippen LogP contribution in [0.4, 0.5) is 25.1 Å². The Labute approximate surface area is 105 Å². The normalized spacial score (nSPS) is 16.2. The Morgan fingerprint density at radius 3 is 2.06 bits per heavy atom. The molecule has 0 aliphatic rings. The molecular weight excluding hydrogens is 360 g/mol. The lowest BCUT2D eigenvalue weighted by atomic mass is 10.3. The van der Waals surface area contributed by atoms with Crippen LogP contribution in [0, 0.1) is 10.1 Å². The minimum Gasteiger partial charge on any atom is -0.258 e. The average Bonchev–Trinajstić information content (AvgIpc) is 2.04. The third-order valence-electron chi connectivity index (χ3n) is 1.62. The number of nitro groups is 1. The van der Waals surface area contributed by atoms with Crippen LogP contribution in [0.25, 0.3) is 0 Å². The molecule has 0 saturated heterocycles. The molecule has 3 nitrogen and oxygen atoms in total. The van der Waals surface area contributed by atoms with Gasteiger partial charge in [0.25, 0.3) is 5.69 Å². The van der Waals surface area contributed by atoms with Crippen LogP contribution < -0.4 is 0 Å². The van der Waals surface area contributed by atoms with Crippen LogP contribution in [0.3, 0.4) is 0 Å². The zero-order chi connectivity index (χ0) is 13.7. The molecule has 0 radical (unpaired) electrons.